The molecular weight excluding hydrogens is 234 g/mol. The first-order chi connectivity index (χ1) is 7.96. The van der Waals surface area contributed by atoms with Crippen molar-refractivity contribution in [1.82, 2.24) is 4.90 Å². The van der Waals surface area contributed by atoms with E-state index in [1.807, 2.05) is 19.1 Å². The van der Waals surface area contributed by atoms with E-state index < -0.39 is 0 Å². The minimum atomic E-state index is -0.135. The first-order valence-corrected chi connectivity index (χ1v) is 6.74. The van der Waals surface area contributed by atoms with Crippen LogP contribution >= 0.6 is 11.3 Å². The molecule has 4 heteroatoms. The van der Waals surface area contributed by atoms with Crippen LogP contribution < -0.4 is 0 Å². The number of rotatable bonds is 3. The molecule has 2 rings (SSSR count). The third-order valence-corrected chi connectivity index (χ3v) is 3.93. The third kappa shape index (κ3) is 3.37. The average molecular weight is 253 g/mol. The van der Waals surface area contributed by atoms with Crippen LogP contribution in [0.2, 0.25) is 0 Å². The molecule has 1 saturated heterocycles. The zero-order valence-corrected chi connectivity index (χ0v) is 11.5. The molecule has 0 amide bonds. The summed E-state index contributed by atoms with van der Waals surface area (Å²) in [5, 5.41) is 0. The van der Waals surface area contributed by atoms with Crippen molar-refractivity contribution >= 4 is 17.1 Å². The highest BCUT2D eigenvalue weighted by Crippen LogP contribution is 2.19. The number of aryl methyl sites for hydroxylation is 1. The lowest BCUT2D eigenvalue weighted by molar-refractivity contribution is -0.0832. The van der Waals surface area contributed by atoms with Crippen molar-refractivity contribution in [3.05, 3.63) is 21.9 Å². The fourth-order valence-corrected chi connectivity index (χ4v) is 2.91. The molecule has 0 aromatic carbocycles. The number of thiophene rings is 1. The van der Waals surface area contributed by atoms with Gasteiger partial charge >= 0.3 is 0 Å². The maximum atomic E-state index is 12.1. The largest absolute Gasteiger partial charge is 0.373 e. The summed E-state index contributed by atoms with van der Waals surface area (Å²) in [6.45, 7) is 9.05. The SMILES string of the molecule is Cc1ccc(C(=O)CN2CCOC(C)(C)C2)s1. The number of carbonyl (C=O) groups excluding carboxylic acids is 1. The number of hydrogen-bond donors (Lipinski definition) is 0. The van der Waals surface area contributed by atoms with Crippen LogP contribution in [0.3, 0.4) is 0 Å². The Morgan fingerprint density at radius 3 is 2.88 bits per heavy atom. The molecular formula is C13H19NO2S. The van der Waals surface area contributed by atoms with Gasteiger partial charge in [-0.1, -0.05) is 0 Å². The van der Waals surface area contributed by atoms with Crippen LogP contribution in [0.5, 0.6) is 0 Å². The van der Waals surface area contributed by atoms with Crippen LogP contribution in [-0.2, 0) is 4.74 Å². The Balaban J connectivity index is 1.95. The van der Waals surface area contributed by atoms with E-state index in [1.54, 1.807) is 11.3 Å². The molecule has 0 saturated carbocycles. The van der Waals surface area contributed by atoms with Gasteiger partial charge in [-0.15, -0.1) is 11.3 Å². The minimum Gasteiger partial charge on any atom is -0.373 e. The molecule has 1 aliphatic heterocycles. The van der Waals surface area contributed by atoms with Gasteiger partial charge in [-0.2, -0.15) is 0 Å². The topological polar surface area (TPSA) is 29.5 Å². The summed E-state index contributed by atoms with van der Waals surface area (Å²) in [6, 6.07) is 3.93. The minimum absolute atomic E-state index is 0.135. The Morgan fingerprint density at radius 1 is 1.53 bits per heavy atom. The van der Waals surface area contributed by atoms with Crippen molar-refractivity contribution in [3.8, 4) is 0 Å². The van der Waals surface area contributed by atoms with Crippen molar-refractivity contribution in [1.29, 1.82) is 0 Å². The Morgan fingerprint density at radius 2 is 2.29 bits per heavy atom. The van der Waals surface area contributed by atoms with E-state index in [2.05, 4.69) is 18.7 Å². The van der Waals surface area contributed by atoms with Gasteiger partial charge in [0.1, 0.15) is 0 Å². The molecule has 17 heavy (non-hydrogen) atoms. The molecule has 0 unspecified atom stereocenters. The van der Waals surface area contributed by atoms with Gasteiger partial charge in [0, 0.05) is 18.0 Å². The number of hydrogen-bond acceptors (Lipinski definition) is 4. The Hall–Kier alpha value is -0.710. The number of ether oxygens (including phenoxy) is 1. The lowest BCUT2D eigenvalue weighted by Gasteiger charge is -2.37. The summed E-state index contributed by atoms with van der Waals surface area (Å²) in [5.74, 6) is 0.223. The van der Waals surface area contributed by atoms with E-state index in [-0.39, 0.29) is 11.4 Å². The molecule has 0 bridgehead atoms. The first kappa shape index (κ1) is 12.7. The maximum Gasteiger partial charge on any atom is 0.186 e. The normalized spacial score (nSPS) is 20.4. The molecule has 1 aromatic rings. The molecule has 0 spiro atoms. The molecule has 0 aliphatic carbocycles. The quantitative estimate of drug-likeness (QED) is 0.774. The lowest BCUT2D eigenvalue weighted by atomic mass is 10.1. The predicted octanol–water partition coefficient (Wildman–Crippen LogP) is 2.35. The zero-order chi connectivity index (χ0) is 12.5. The summed E-state index contributed by atoms with van der Waals surface area (Å²) in [7, 11) is 0. The van der Waals surface area contributed by atoms with Crippen molar-refractivity contribution in [2.75, 3.05) is 26.2 Å². The third-order valence-electron chi connectivity index (χ3n) is 2.89. The summed E-state index contributed by atoms with van der Waals surface area (Å²) in [5.41, 5.74) is -0.135. The maximum absolute atomic E-state index is 12.1. The van der Waals surface area contributed by atoms with E-state index >= 15 is 0 Å². The highest BCUT2D eigenvalue weighted by atomic mass is 32.1. The second-order valence-corrected chi connectivity index (χ2v) is 6.44. The van der Waals surface area contributed by atoms with Gasteiger partial charge in [-0.05, 0) is 32.9 Å². The predicted molar refractivity (Wildman–Crippen MR) is 69.9 cm³/mol. The number of carbonyl (C=O) groups is 1. The molecule has 0 radical (unpaired) electrons. The van der Waals surface area contributed by atoms with Crippen LogP contribution in [-0.4, -0.2) is 42.5 Å². The number of Topliss-reactive ketones (excluding diaryl/α,β-unsaturated/α-hetero) is 1. The molecule has 1 aliphatic rings. The molecule has 0 atom stereocenters. The van der Waals surface area contributed by atoms with Gasteiger partial charge in [0.2, 0.25) is 0 Å². The van der Waals surface area contributed by atoms with Crippen molar-refractivity contribution in [2.45, 2.75) is 26.4 Å². The van der Waals surface area contributed by atoms with Crippen LogP contribution in [0.1, 0.15) is 28.4 Å². The van der Waals surface area contributed by atoms with Gasteiger partial charge in [-0.25, -0.2) is 0 Å². The summed E-state index contributed by atoms with van der Waals surface area (Å²) in [6.07, 6.45) is 0. The number of nitrogens with zero attached hydrogens (tertiary/aromatic N) is 1. The highest BCUT2D eigenvalue weighted by molar-refractivity contribution is 7.14. The van der Waals surface area contributed by atoms with Gasteiger partial charge in [0.25, 0.3) is 0 Å². The molecule has 1 aromatic heterocycles. The summed E-state index contributed by atoms with van der Waals surface area (Å²) in [4.78, 5) is 16.3. The second-order valence-electron chi connectivity index (χ2n) is 5.15. The van der Waals surface area contributed by atoms with E-state index in [9.17, 15) is 4.79 Å². The summed E-state index contributed by atoms with van der Waals surface area (Å²) < 4.78 is 5.64. The number of morpholine rings is 1. The Kier molecular flexibility index (Phi) is 3.66. The smallest absolute Gasteiger partial charge is 0.186 e. The lowest BCUT2D eigenvalue weighted by Crippen LogP contribution is -2.49. The molecule has 3 nitrogen and oxygen atoms in total. The van der Waals surface area contributed by atoms with Crippen LogP contribution in [0.15, 0.2) is 12.1 Å². The standard InChI is InChI=1S/C13H19NO2S/c1-10-4-5-12(17-10)11(15)8-14-6-7-16-13(2,3)9-14/h4-5H,6-9H2,1-3H3. The molecule has 1 fully saturated rings. The van der Waals surface area contributed by atoms with Gasteiger partial charge in [0.05, 0.1) is 23.6 Å². The van der Waals surface area contributed by atoms with Gasteiger partial charge in [0.15, 0.2) is 5.78 Å². The van der Waals surface area contributed by atoms with E-state index in [0.29, 0.717) is 13.2 Å². The fraction of sp³-hybridized carbons (Fsp3) is 0.615. The Labute approximate surface area is 106 Å². The first-order valence-electron chi connectivity index (χ1n) is 5.92. The Bertz CT molecular complexity index is 411. The number of ketones is 1. The van der Waals surface area contributed by atoms with Crippen molar-refractivity contribution < 1.29 is 9.53 Å². The highest BCUT2D eigenvalue weighted by Gasteiger charge is 2.28. The van der Waals surface area contributed by atoms with Gasteiger partial charge < -0.3 is 4.74 Å². The van der Waals surface area contributed by atoms with E-state index in [0.717, 1.165) is 18.0 Å². The molecule has 2 heterocycles. The average Bonchev–Trinajstić information content (AvgIpc) is 2.63. The fourth-order valence-electron chi connectivity index (χ4n) is 2.11. The second kappa shape index (κ2) is 4.88. The van der Waals surface area contributed by atoms with Crippen LogP contribution in [0.25, 0.3) is 0 Å². The van der Waals surface area contributed by atoms with Gasteiger partial charge in [-0.3, -0.25) is 9.69 Å². The van der Waals surface area contributed by atoms with Crippen molar-refractivity contribution in [2.24, 2.45) is 0 Å². The monoisotopic (exact) mass is 253 g/mol. The van der Waals surface area contributed by atoms with Crippen LogP contribution in [0.4, 0.5) is 0 Å². The van der Waals surface area contributed by atoms with Crippen LogP contribution in [0, 0.1) is 6.92 Å². The van der Waals surface area contributed by atoms with Crippen molar-refractivity contribution in [3.63, 3.8) is 0 Å². The molecule has 0 N–H and O–H groups in total. The zero-order valence-electron chi connectivity index (χ0n) is 10.7. The van der Waals surface area contributed by atoms with E-state index in [4.69, 9.17) is 4.74 Å². The molecule has 94 valence electrons. The summed E-state index contributed by atoms with van der Waals surface area (Å²) >= 11 is 1.58. The van der Waals surface area contributed by atoms with E-state index in [1.165, 1.54) is 4.88 Å².